The summed E-state index contributed by atoms with van der Waals surface area (Å²) in [6.07, 6.45) is -1.21. The van der Waals surface area contributed by atoms with E-state index >= 15 is 0 Å². The molecule has 0 fully saturated rings. The summed E-state index contributed by atoms with van der Waals surface area (Å²) in [4.78, 5) is 23.7. The number of carbonyl (C=O) groups excluding carboxylic acids is 2. The smallest absolute Gasteiger partial charge is 0.339 e. The Bertz CT molecular complexity index is 749. The molecule has 0 spiro atoms. The van der Waals surface area contributed by atoms with Crippen LogP contribution < -0.4 is 5.32 Å². The highest BCUT2D eigenvalue weighted by Gasteiger charge is 2.20. The Labute approximate surface area is 130 Å². The van der Waals surface area contributed by atoms with Gasteiger partial charge in [-0.2, -0.15) is 0 Å². The number of hydrogen-bond donors (Lipinski definition) is 2. The molecule has 0 aliphatic rings. The largest absolute Gasteiger partial charge is 0.508 e. The van der Waals surface area contributed by atoms with Crippen LogP contribution in [0.1, 0.15) is 17.3 Å². The molecule has 120 valence electrons. The number of carbonyl (C=O) groups is 2. The molecule has 0 unspecified atom stereocenters. The zero-order valence-electron chi connectivity index (χ0n) is 12.0. The van der Waals surface area contributed by atoms with E-state index in [1.165, 1.54) is 31.2 Å². The van der Waals surface area contributed by atoms with Crippen molar-refractivity contribution in [2.75, 3.05) is 5.32 Å². The zero-order chi connectivity index (χ0) is 17.0. The molecule has 0 aliphatic heterocycles. The molecule has 0 bridgehead atoms. The van der Waals surface area contributed by atoms with Crippen molar-refractivity contribution in [2.24, 2.45) is 0 Å². The minimum absolute atomic E-state index is 0.0672. The minimum atomic E-state index is -1.21. The molecule has 1 amide bonds. The first-order valence-corrected chi connectivity index (χ1v) is 6.63. The van der Waals surface area contributed by atoms with Gasteiger partial charge in [0.1, 0.15) is 17.4 Å². The number of aromatic hydroxyl groups is 1. The van der Waals surface area contributed by atoms with Gasteiger partial charge in [-0.3, -0.25) is 4.79 Å². The molecule has 2 aromatic carbocycles. The number of halogens is 2. The third-order valence-corrected chi connectivity index (χ3v) is 2.92. The Hall–Kier alpha value is -2.96. The molecule has 0 heterocycles. The van der Waals surface area contributed by atoms with E-state index < -0.39 is 29.6 Å². The highest BCUT2D eigenvalue weighted by Crippen LogP contribution is 2.16. The van der Waals surface area contributed by atoms with Gasteiger partial charge in [0.2, 0.25) is 0 Å². The van der Waals surface area contributed by atoms with E-state index in [-0.39, 0.29) is 17.0 Å². The lowest BCUT2D eigenvalue weighted by atomic mass is 10.2. The highest BCUT2D eigenvalue weighted by atomic mass is 19.1. The summed E-state index contributed by atoms with van der Waals surface area (Å²) in [6.45, 7) is 1.30. The first-order valence-electron chi connectivity index (χ1n) is 6.63. The van der Waals surface area contributed by atoms with Gasteiger partial charge >= 0.3 is 5.97 Å². The van der Waals surface area contributed by atoms with Crippen LogP contribution in [0.2, 0.25) is 0 Å². The number of esters is 1. The Balaban J connectivity index is 2.01. The molecule has 2 rings (SSSR count). The summed E-state index contributed by atoms with van der Waals surface area (Å²) in [7, 11) is 0. The van der Waals surface area contributed by atoms with Gasteiger partial charge in [-0.05, 0) is 37.3 Å². The van der Waals surface area contributed by atoms with Crippen LogP contribution in [-0.2, 0) is 9.53 Å². The Kier molecular flexibility index (Phi) is 4.90. The molecule has 7 heteroatoms. The topological polar surface area (TPSA) is 75.6 Å². The van der Waals surface area contributed by atoms with Crippen molar-refractivity contribution in [3.63, 3.8) is 0 Å². The van der Waals surface area contributed by atoms with Gasteiger partial charge in [-0.15, -0.1) is 0 Å². The molecule has 2 N–H and O–H groups in total. The Morgan fingerprint density at radius 1 is 1.17 bits per heavy atom. The number of anilines is 1. The van der Waals surface area contributed by atoms with Gasteiger partial charge in [-0.1, -0.05) is 6.07 Å². The summed E-state index contributed by atoms with van der Waals surface area (Å²) in [5, 5.41) is 11.5. The molecule has 1 atom stereocenters. The second kappa shape index (κ2) is 6.87. The van der Waals surface area contributed by atoms with Gasteiger partial charge in [0.05, 0.1) is 11.3 Å². The lowest BCUT2D eigenvalue weighted by molar-refractivity contribution is -0.123. The van der Waals surface area contributed by atoms with Crippen molar-refractivity contribution in [3.05, 3.63) is 59.7 Å². The fourth-order valence-corrected chi connectivity index (χ4v) is 1.74. The molecule has 0 radical (unpaired) electrons. The molecule has 0 saturated carbocycles. The van der Waals surface area contributed by atoms with Crippen molar-refractivity contribution < 1.29 is 28.2 Å². The number of phenols is 1. The number of nitrogens with one attached hydrogen (secondary N) is 1. The fourth-order valence-electron chi connectivity index (χ4n) is 1.74. The predicted molar refractivity (Wildman–Crippen MR) is 78.0 cm³/mol. The van der Waals surface area contributed by atoms with E-state index in [9.17, 15) is 23.5 Å². The van der Waals surface area contributed by atoms with Gasteiger partial charge in [0, 0.05) is 6.07 Å². The van der Waals surface area contributed by atoms with Crippen molar-refractivity contribution in [1.82, 2.24) is 0 Å². The van der Waals surface area contributed by atoms with E-state index in [1.807, 2.05) is 0 Å². The summed E-state index contributed by atoms with van der Waals surface area (Å²) in [5.41, 5.74) is -0.158. The minimum Gasteiger partial charge on any atom is -0.508 e. The normalized spacial score (nSPS) is 11.6. The summed E-state index contributed by atoms with van der Waals surface area (Å²) < 4.78 is 31.2. The van der Waals surface area contributed by atoms with Crippen molar-refractivity contribution in [1.29, 1.82) is 0 Å². The number of amides is 1. The molecule has 0 aliphatic carbocycles. The lowest BCUT2D eigenvalue weighted by Gasteiger charge is -2.14. The Morgan fingerprint density at radius 2 is 1.91 bits per heavy atom. The maximum absolute atomic E-state index is 13.5. The molecule has 0 aromatic heterocycles. The summed E-state index contributed by atoms with van der Waals surface area (Å²) in [6, 6.07) is 8.10. The maximum Gasteiger partial charge on any atom is 0.339 e. The summed E-state index contributed by atoms with van der Waals surface area (Å²) >= 11 is 0. The van der Waals surface area contributed by atoms with E-state index in [1.54, 1.807) is 0 Å². The molecule has 2 aromatic rings. The molecular weight excluding hydrogens is 308 g/mol. The van der Waals surface area contributed by atoms with Crippen LogP contribution in [0.25, 0.3) is 0 Å². The predicted octanol–water partition coefficient (Wildman–Crippen LogP) is 2.85. The molecular formula is C16H13F2NO4. The number of benzene rings is 2. The number of hydrogen-bond acceptors (Lipinski definition) is 4. The average molecular weight is 321 g/mol. The SMILES string of the molecule is C[C@@H](OC(=O)c1cccc(O)c1)C(=O)Nc1ccc(F)cc1F. The van der Waals surface area contributed by atoms with Gasteiger partial charge in [0.25, 0.3) is 5.91 Å². The average Bonchev–Trinajstić information content (AvgIpc) is 2.49. The number of phenolic OH excluding ortho intramolecular Hbond substituents is 1. The van der Waals surface area contributed by atoms with Crippen molar-refractivity contribution in [2.45, 2.75) is 13.0 Å². The van der Waals surface area contributed by atoms with Crippen LogP contribution in [0.15, 0.2) is 42.5 Å². The second-order valence-corrected chi connectivity index (χ2v) is 4.71. The van der Waals surface area contributed by atoms with Crippen LogP contribution >= 0.6 is 0 Å². The van der Waals surface area contributed by atoms with Crippen molar-refractivity contribution in [3.8, 4) is 5.75 Å². The van der Waals surface area contributed by atoms with Gasteiger partial charge < -0.3 is 15.2 Å². The van der Waals surface area contributed by atoms with Gasteiger partial charge in [-0.25, -0.2) is 13.6 Å². The number of rotatable bonds is 4. The van der Waals surface area contributed by atoms with Crippen LogP contribution in [0.3, 0.4) is 0 Å². The monoisotopic (exact) mass is 321 g/mol. The van der Waals surface area contributed by atoms with Gasteiger partial charge in [0.15, 0.2) is 6.10 Å². The maximum atomic E-state index is 13.5. The first-order chi connectivity index (χ1) is 10.9. The quantitative estimate of drug-likeness (QED) is 0.849. The fraction of sp³-hybridized carbons (Fsp3) is 0.125. The molecule has 5 nitrogen and oxygen atoms in total. The number of ether oxygens (including phenoxy) is 1. The Morgan fingerprint density at radius 3 is 2.57 bits per heavy atom. The zero-order valence-corrected chi connectivity index (χ0v) is 12.0. The summed E-state index contributed by atoms with van der Waals surface area (Å²) in [5.74, 6) is -3.43. The standard InChI is InChI=1S/C16H13F2NO4/c1-9(23-16(22)10-3-2-4-12(20)7-10)15(21)19-14-6-5-11(17)8-13(14)18/h2-9,20H,1H3,(H,19,21)/t9-/m1/s1. The highest BCUT2D eigenvalue weighted by molar-refractivity contribution is 5.97. The third kappa shape index (κ3) is 4.26. The van der Waals surface area contributed by atoms with Crippen LogP contribution in [0, 0.1) is 11.6 Å². The molecule has 0 saturated heterocycles. The van der Waals surface area contributed by atoms with Crippen LogP contribution in [-0.4, -0.2) is 23.1 Å². The van der Waals surface area contributed by atoms with Crippen LogP contribution in [0.4, 0.5) is 14.5 Å². The van der Waals surface area contributed by atoms with Crippen molar-refractivity contribution >= 4 is 17.6 Å². The van der Waals surface area contributed by atoms with E-state index in [0.29, 0.717) is 6.07 Å². The van der Waals surface area contributed by atoms with E-state index in [2.05, 4.69) is 5.32 Å². The lowest BCUT2D eigenvalue weighted by Crippen LogP contribution is -2.30. The van der Waals surface area contributed by atoms with E-state index in [4.69, 9.17) is 4.74 Å². The van der Waals surface area contributed by atoms with Crippen LogP contribution in [0.5, 0.6) is 5.75 Å². The molecule has 23 heavy (non-hydrogen) atoms. The van der Waals surface area contributed by atoms with E-state index in [0.717, 1.165) is 12.1 Å². The second-order valence-electron chi connectivity index (χ2n) is 4.71. The third-order valence-electron chi connectivity index (χ3n) is 2.92. The first kappa shape index (κ1) is 16.4.